The lowest BCUT2D eigenvalue weighted by atomic mass is 9.32. The van der Waals surface area contributed by atoms with Crippen LogP contribution in [-0.4, -0.2) is 24.6 Å². The molecule has 0 spiro atoms. The normalized spacial score (nSPS) is 42.9. The number of fused-ring (bicyclic) bond motifs is 7. The van der Waals surface area contributed by atoms with E-state index in [-0.39, 0.29) is 62.1 Å². The summed E-state index contributed by atoms with van der Waals surface area (Å²) in [4.78, 5) is 24.2. The lowest BCUT2D eigenvalue weighted by molar-refractivity contribution is -0.689. The highest BCUT2D eigenvalue weighted by molar-refractivity contribution is 5.66. The number of hydrogen-bond donors (Lipinski definition) is 0. The number of allylic oxidation sites excluding steroid dienone is 1. The number of carbonyl (C=O) groups is 2. The molecule has 6 rings (SSSR count). The van der Waals surface area contributed by atoms with E-state index in [0.717, 1.165) is 38.6 Å². The molecule has 0 bridgehead atoms. The van der Waals surface area contributed by atoms with Crippen LogP contribution in [0.1, 0.15) is 113 Å². The van der Waals surface area contributed by atoms with Crippen molar-refractivity contribution < 1.29 is 40.6 Å². The van der Waals surface area contributed by atoms with Crippen molar-refractivity contribution in [2.45, 2.75) is 125 Å². The van der Waals surface area contributed by atoms with E-state index in [4.69, 9.17) is 16.1 Å². The molecule has 0 radical (unpaired) electrons. The van der Waals surface area contributed by atoms with Gasteiger partial charge in [-0.15, -0.1) is 0 Å². The standard InChI is InChI=1S/C39H58NO4.BrH/c1-26(24-40-22-10-9-11-23-40)29-14-19-39(25-43-27(2)41)21-20-37(7)30(34(29)39)12-13-32-36(6)17-16-33(44-28(3)42)35(4,5)31(36)15-18-38(32,37)8;/h9-11,22-23,29-34H,1,12-21,24-25H2,2-8H3;1H/q+1;/p-1/t29-,30+,31-,32?,33?,34+,36-,37+,38+,39+;/m0./s1. The van der Waals surface area contributed by atoms with E-state index < -0.39 is 0 Å². The predicted octanol–water partition coefficient (Wildman–Crippen LogP) is 5.11. The van der Waals surface area contributed by atoms with Gasteiger partial charge in [0.05, 0.1) is 6.61 Å². The molecule has 0 N–H and O–H groups in total. The third-order valence-electron chi connectivity index (χ3n) is 15.1. The van der Waals surface area contributed by atoms with Crippen molar-refractivity contribution >= 4 is 11.9 Å². The Balaban J connectivity index is 0.00000400. The molecule has 45 heavy (non-hydrogen) atoms. The van der Waals surface area contributed by atoms with E-state index in [1.807, 2.05) is 0 Å². The van der Waals surface area contributed by atoms with Gasteiger partial charge >= 0.3 is 11.9 Å². The molecule has 1 aromatic rings. The highest BCUT2D eigenvalue weighted by atomic mass is 79.9. The van der Waals surface area contributed by atoms with Crippen LogP contribution >= 0.6 is 0 Å². The first-order chi connectivity index (χ1) is 20.7. The topological polar surface area (TPSA) is 56.5 Å². The molecule has 5 saturated carbocycles. The fourth-order valence-electron chi connectivity index (χ4n) is 13.0. The van der Waals surface area contributed by atoms with Crippen LogP contribution in [0.4, 0.5) is 0 Å². The summed E-state index contributed by atoms with van der Waals surface area (Å²) in [5.41, 5.74) is 2.10. The molecule has 6 heteroatoms. The summed E-state index contributed by atoms with van der Waals surface area (Å²) in [6.07, 6.45) is 16.1. The molecule has 0 aromatic carbocycles. The lowest BCUT2D eigenvalue weighted by Crippen LogP contribution is -3.00. The minimum atomic E-state index is -0.150. The van der Waals surface area contributed by atoms with E-state index in [1.54, 1.807) is 13.8 Å². The van der Waals surface area contributed by atoms with Gasteiger partial charge in [-0.05, 0) is 116 Å². The number of ether oxygens (including phenoxy) is 2. The van der Waals surface area contributed by atoms with Crippen molar-refractivity contribution in [2.75, 3.05) is 6.61 Å². The molecule has 0 amide bonds. The summed E-state index contributed by atoms with van der Waals surface area (Å²) in [5.74, 6) is 2.48. The molecule has 0 aliphatic heterocycles. The molecule has 10 atom stereocenters. The summed E-state index contributed by atoms with van der Waals surface area (Å²) in [6.45, 7) is 22.0. The fraction of sp³-hybridized carbons (Fsp3) is 0.769. The Hall–Kier alpha value is -1.69. The maximum atomic E-state index is 12.1. The Morgan fingerprint density at radius 3 is 2.18 bits per heavy atom. The van der Waals surface area contributed by atoms with E-state index in [0.29, 0.717) is 36.2 Å². The maximum Gasteiger partial charge on any atom is 0.302 e. The van der Waals surface area contributed by atoms with Crippen LogP contribution in [-0.2, 0) is 25.6 Å². The number of esters is 2. The zero-order valence-electron chi connectivity index (χ0n) is 29.0. The molecule has 5 fully saturated rings. The second-order valence-electron chi connectivity index (χ2n) is 17.1. The number of rotatable bonds is 6. The van der Waals surface area contributed by atoms with Gasteiger partial charge in [0.2, 0.25) is 0 Å². The summed E-state index contributed by atoms with van der Waals surface area (Å²) in [7, 11) is 0. The molecule has 5 nitrogen and oxygen atoms in total. The molecule has 0 saturated heterocycles. The average molecular weight is 685 g/mol. The Bertz CT molecular complexity index is 1300. The lowest BCUT2D eigenvalue weighted by Gasteiger charge is -2.73. The number of nitrogens with zero attached hydrogens (tertiary/aromatic N) is 1. The quantitative estimate of drug-likeness (QED) is 0.238. The van der Waals surface area contributed by atoms with Crippen molar-refractivity contribution in [1.82, 2.24) is 0 Å². The van der Waals surface area contributed by atoms with Crippen molar-refractivity contribution in [3.05, 3.63) is 42.7 Å². The van der Waals surface area contributed by atoms with Crippen LogP contribution in [0, 0.1) is 56.7 Å². The van der Waals surface area contributed by atoms with Crippen LogP contribution in [0.2, 0.25) is 0 Å². The number of carbonyl (C=O) groups excluding carboxylic acids is 2. The van der Waals surface area contributed by atoms with Crippen LogP contribution in [0.25, 0.3) is 0 Å². The largest absolute Gasteiger partial charge is 1.00 e. The maximum absolute atomic E-state index is 12.1. The molecular weight excluding hydrogens is 626 g/mol. The Labute approximate surface area is 283 Å². The summed E-state index contributed by atoms with van der Waals surface area (Å²) < 4.78 is 14.1. The predicted molar refractivity (Wildman–Crippen MR) is 172 cm³/mol. The van der Waals surface area contributed by atoms with Crippen LogP contribution in [0.3, 0.4) is 0 Å². The number of halogens is 1. The number of aromatic nitrogens is 1. The Morgan fingerprint density at radius 1 is 0.800 bits per heavy atom. The average Bonchev–Trinajstić information content (AvgIpc) is 3.34. The molecule has 1 heterocycles. The summed E-state index contributed by atoms with van der Waals surface area (Å²) >= 11 is 0. The molecule has 2 unspecified atom stereocenters. The molecular formula is C39H58BrNO4. The third-order valence-corrected chi connectivity index (χ3v) is 15.1. The molecule has 250 valence electrons. The van der Waals surface area contributed by atoms with Gasteiger partial charge in [0.1, 0.15) is 6.10 Å². The van der Waals surface area contributed by atoms with Crippen molar-refractivity contribution in [3.63, 3.8) is 0 Å². The minimum Gasteiger partial charge on any atom is -1.00 e. The monoisotopic (exact) mass is 683 g/mol. The van der Waals surface area contributed by atoms with E-state index in [9.17, 15) is 9.59 Å². The van der Waals surface area contributed by atoms with Gasteiger partial charge in [-0.1, -0.05) is 47.3 Å². The van der Waals surface area contributed by atoms with Gasteiger partial charge < -0.3 is 26.5 Å². The van der Waals surface area contributed by atoms with Gasteiger partial charge in [-0.25, -0.2) is 4.57 Å². The first kappa shape index (κ1) is 34.6. The highest BCUT2D eigenvalue weighted by Crippen LogP contribution is 2.77. The smallest absolute Gasteiger partial charge is 0.302 e. The van der Waals surface area contributed by atoms with E-state index >= 15 is 0 Å². The van der Waals surface area contributed by atoms with Crippen molar-refractivity contribution in [1.29, 1.82) is 0 Å². The minimum absolute atomic E-state index is 0. The molecule has 5 aliphatic rings. The zero-order valence-corrected chi connectivity index (χ0v) is 30.6. The summed E-state index contributed by atoms with van der Waals surface area (Å²) in [6, 6.07) is 6.28. The first-order valence-electron chi connectivity index (χ1n) is 17.6. The SMILES string of the molecule is C=C(C[n+]1ccccc1)[C@@H]1CC[C@]2(COC(C)=O)CC[C@]3(C)[C@H](CCC4[C@@]5(C)CCC(OC(C)=O)C(C)(C)[C@@H]5CC[C@]43C)[C@@H]12.[Br-]. The van der Waals surface area contributed by atoms with Gasteiger partial charge in [0.15, 0.2) is 18.9 Å². The van der Waals surface area contributed by atoms with Gasteiger partial charge in [0, 0.05) is 36.8 Å². The van der Waals surface area contributed by atoms with Crippen molar-refractivity contribution in [2.24, 2.45) is 56.7 Å². The van der Waals surface area contributed by atoms with Gasteiger partial charge in [-0.2, -0.15) is 0 Å². The van der Waals surface area contributed by atoms with E-state index in [2.05, 4.69) is 69.8 Å². The number of pyridine rings is 1. The zero-order chi connectivity index (χ0) is 31.7. The second kappa shape index (κ2) is 12.1. The second-order valence-corrected chi connectivity index (χ2v) is 17.1. The fourth-order valence-corrected chi connectivity index (χ4v) is 13.0. The molecule has 5 aliphatic carbocycles. The summed E-state index contributed by atoms with van der Waals surface area (Å²) in [5, 5.41) is 0. The van der Waals surface area contributed by atoms with E-state index in [1.165, 1.54) is 37.7 Å². The van der Waals surface area contributed by atoms with Gasteiger partial charge in [-0.3, -0.25) is 9.59 Å². The molecule has 1 aromatic heterocycles. The third kappa shape index (κ3) is 5.35. The van der Waals surface area contributed by atoms with Gasteiger partial charge in [0.25, 0.3) is 0 Å². The van der Waals surface area contributed by atoms with Crippen LogP contribution in [0.15, 0.2) is 42.7 Å². The Morgan fingerprint density at radius 2 is 1.51 bits per heavy atom. The van der Waals surface area contributed by atoms with Crippen LogP contribution < -0.4 is 21.5 Å². The Kier molecular flexibility index (Phi) is 9.30. The first-order valence-corrected chi connectivity index (χ1v) is 17.6. The highest BCUT2D eigenvalue weighted by Gasteiger charge is 2.71. The van der Waals surface area contributed by atoms with Crippen molar-refractivity contribution in [3.8, 4) is 0 Å². The van der Waals surface area contributed by atoms with Crippen LogP contribution in [0.5, 0.6) is 0 Å². The number of hydrogen-bond acceptors (Lipinski definition) is 4.